The van der Waals surface area contributed by atoms with Crippen LogP contribution in [0.15, 0.2) is 30.3 Å². The molecular formula is C11H14N2O3. The first-order valence-electron chi connectivity index (χ1n) is 4.86. The molecule has 0 bridgehead atoms. The number of benzene rings is 1. The number of carbonyl (C=O) groups is 2. The van der Waals surface area contributed by atoms with Gasteiger partial charge in [0.05, 0.1) is 0 Å². The summed E-state index contributed by atoms with van der Waals surface area (Å²) in [5.41, 5.74) is 6.33. The second kappa shape index (κ2) is 5.27. The lowest BCUT2D eigenvalue weighted by molar-refractivity contribution is -0.141. The predicted molar refractivity (Wildman–Crippen MR) is 58.6 cm³/mol. The van der Waals surface area contributed by atoms with E-state index < -0.39 is 24.0 Å². The average molecular weight is 222 g/mol. The summed E-state index contributed by atoms with van der Waals surface area (Å²) in [6.45, 7) is 1.39. The van der Waals surface area contributed by atoms with E-state index in [9.17, 15) is 9.59 Å². The molecule has 0 spiro atoms. The summed E-state index contributed by atoms with van der Waals surface area (Å²) in [4.78, 5) is 22.1. The van der Waals surface area contributed by atoms with Crippen LogP contribution < -0.4 is 11.1 Å². The predicted octanol–water partition coefficient (Wildman–Crippen LogP) is 0.276. The molecule has 0 radical (unpaired) electrons. The Morgan fingerprint density at radius 1 is 1.31 bits per heavy atom. The van der Waals surface area contributed by atoms with Crippen LogP contribution >= 0.6 is 0 Å². The summed E-state index contributed by atoms with van der Waals surface area (Å²) >= 11 is 0. The van der Waals surface area contributed by atoms with Gasteiger partial charge in [-0.1, -0.05) is 30.3 Å². The van der Waals surface area contributed by atoms with Gasteiger partial charge in [-0.2, -0.15) is 0 Å². The molecule has 1 aromatic carbocycles. The average Bonchev–Trinajstić information content (AvgIpc) is 2.28. The first-order chi connectivity index (χ1) is 7.52. The van der Waals surface area contributed by atoms with Gasteiger partial charge in [-0.05, 0) is 12.5 Å². The number of nitrogens with two attached hydrogens (primary N) is 1. The van der Waals surface area contributed by atoms with Crippen LogP contribution in [-0.4, -0.2) is 23.0 Å². The minimum Gasteiger partial charge on any atom is -0.480 e. The van der Waals surface area contributed by atoms with Gasteiger partial charge >= 0.3 is 5.97 Å². The van der Waals surface area contributed by atoms with E-state index >= 15 is 0 Å². The zero-order valence-corrected chi connectivity index (χ0v) is 8.88. The number of aliphatic carboxylic acids is 1. The first kappa shape index (κ1) is 12.2. The normalized spacial score (nSPS) is 13.9. The molecule has 16 heavy (non-hydrogen) atoms. The molecule has 5 nitrogen and oxygen atoms in total. The standard InChI is InChI=1S/C11H14N2O3/c1-7(11(15)16)13-10(14)9(12)8-5-3-2-4-6-8/h2-7,9H,12H2,1H3,(H,13,14)(H,15,16)/t7?,9-/m0/s1. The van der Waals surface area contributed by atoms with Gasteiger partial charge in [0.1, 0.15) is 12.1 Å². The van der Waals surface area contributed by atoms with E-state index in [0.29, 0.717) is 5.56 Å². The second-order valence-electron chi connectivity index (χ2n) is 3.46. The first-order valence-corrected chi connectivity index (χ1v) is 4.86. The molecule has 0 fully saturated rings. The molecule has 0 saturated heterocycles. The van der Waals surface area contributed by atoms with Crippen LogP contribution in [0.5, 0.6) is 0 Å². The van der Waals surface area contributed by atoms with E-state index in [4.69, 9.17) is 10.8 Å². The van der Waals surface area contributed by atoms with Crippen molar-refractivity contribution in [1.82, 2.24) is 5.32 Å². The largest absolute Gasteiger partial charge is 0.480 e. The van der Waals surface area contributed by atoms with Crippen LogP contribution in [0.4, 0.5) is 0 Å². The number of carboxylic acids is 1. The zero-order valence-electron chi connectivity index (χ0n) is 8.88. The molecule has 0 heterocycles. The molecule has 0 aliphatic heterocycles. The second-order valence-corrected chi connectivity index (χ2v) is 3.46. The minimum absolute atomic E-state index is 0.499. The Morgan fingerprint density at radius 3 is 2.38 bits per heavy atom. The maximum absolute atomic E-state index is 11.6. The minimum atomic E-state index is -1.09. The Hall–Kier alpha value is -1.88. The highest BCUT2D eigenvalue weighted by atomic mass is 16.4. The Bertz CT molecular complexity index is 378. The van der Waals surface area contributed by atoms with E-state index in [2.05, 4.69) is 5.32 Å². The molecule has 1 amide bonds. The molecule has 0 aromatic heterocycles. The highest BCUT2D eigenvalue weighted by Gasteiger charge is 2.20. The lowest BCUT2D eigenvalue weighted by Gasteiger charge is -2.14. The zero-order chi connectivity index (χ0) is 12.1. The third-order valence-corrected chi connectivity index (χ3v) is 2.17. The van der Waals surface area contributed by atoms with Crippen LogP contribution in [0, 0.1) is 0 Å². The highest BCUT2D eigenvalue weighted by Crippen LogP contribution is 2.09. The number of carbonyl (C=O) groups excluding carboxylic acids is 1. The van der Waals surface area contributed by atoms with Crippen LogP contribution in [0.25, 0.3) is 0 Å². The molecule has 0 aliphatic carbocycles. The van der Waals surface area contributed by atoms with E-state index in [0.717, 1.165) is 0 Å². The smallest absolute Gasteiger partial charge is 0.325 e. The number of nitrogens with one attached hydrogen (secondary N) is 1. The van der Waals surface area contributed by atoms with Crippen molar-refractivity contribution in [3.8, 4) is 0 Å². The van der Waals surface area contributed by atoms with Crippen LogP contribution in [-0.2, 0) is 9.59 Å². The third kappa shape index (κ3) is 3.06. The lowest BCUT2D eigenvalue weighted by Crippen LogP contribution is -2.43. The molecule has 1 rings (SSSR count). The van der Waals surface area contributed by atoms with E-state index in [-0.39, 0.29) is 0 Å². The summed E-state index contributed by atoms with van der Waals surface area (Å²) in [7, 11) is 0. The van der Waals surface area contributed by atoms with Gasteiger partial charge in [0.2, 0.25) is 5.91 Å². The van der Waals surface area contributed by atoms with E-state index in [1.54, 1.807) is 24.3 Å². The van der Waals surface area contributed by atoms with Crippen LogP contribution in [0.2, 0.25) is 0 Å². The molecular weight excluding hydrogens is 208 g/mol. The van der Waals surface area contributed by atoms with Crippen molar-refractivity contribution < 1.29 is 14.7 Å². The molecule has 1 aromatic rings. The highest BCUT2D eigenvalue weighted by molar-refractivity contribution is 5.87. The van der Waals surface area contributed by atoms with Gasteiger partial charge in [0, 0.05) is 0 Å². The van der Waals surface area contributed by atoms with E-state index in [1.807, 2.05) is 6.07 Å². The van der Waals surface area contributed by atoms with Gasteiger partial charge in [-0.15, -0.1) is 0 Å². The fraction of sp³-hybridized carbons (Fsp3) is 0.273. The summed E-state index contributed by atoms with van der Waals surface area (Å²) in [6, 6.07) is 7.00. The van der Waals surface area contributed by atoms with Crippen molar-refractivity contribution in [3.63, 3.8) is 0 Å². The summed E-state index contributed by atoms with van der Waals surface area (Å²) in [5.74, 6) is -1.59. The molecule has 0 saturated carbocycles. The number of hydrogen-bond donors (Lipinski definition) is 3. The fourth-order valence-electron chi connectivity index (χ4n) is 1.18. The van der Waals surface area contributed by atoms with Gasteiger partial charge in [-0.3, -0.25) is 9.59 Å². The molecule has 5 heteroatoms. The molecule has 4 N–H and O–H groups in total. The lowest BCUT2D eigenvalue weighted by atomic mass is 10.1. The Balaban J connectivity index is 2.65. The van der Waals surface area contributed by atoms with Gasteiger partial charge < -0.3 is 16.2 Å². The van der Waals surface area contributed by atoms with E-state index in [1.165, 1.54) is 6.92 Å². The maximum Gasteiger partial charge on any atom is 0.325 e. The summed E-state index contributed by atoms with van der Waals surface area (Å²) < 4.78 is 0. The molecule has 2 atom stereocenters. The number of rotatable bonds is 4. The quantitative estimate of drug-likeness (QED) is 0.682. The van der Waals surface area contributed by atoms with Crippen molar-refractivity contribution >= 4 is 11.9 Å². The fourth-order valence-corrected chi connectivity index (χ4v) is 1.18. The molecule has 0 aliphatic rings. The van der Waals surface area contributed by atoms with Gasteiger partial charge in [-0.25, -0.2) is 0 Å². The van der Waals surface area contributed by atoms with Gasteiger partial charge in [0.25, 0.3) is 0 Å². The molecule has 86 valence electrons. The Kier molecular flexibility index (Phi) is 4.02. The number of amides is 1. The van der Waals surface area contributed by atoms with Crippen molar-refractivity contribution in [2.75, 3.05) is 0 Å². The third-order valence-electron chi connectivity index (χ3n) is 2.17. The Morgan fingerprint density at radius 2 is 1.88 bits per heavy atom. The monoisotopic (exact) mass is 222 g/mol. The van der Waals surface area contributed by atoms with Crippen molar-refractivity contribution in [2.45, 2.75) is 19.0 Å². The Labute approximate surface area is 93.3 Å². The van der Waals surface area contributed by atoms with Crippen LogP contribution in [0.3, 0.4) is 0 Å². The maximum atomic E-state index is 11.6. The van der Waals surface area contributed by atoms with Crippen molar-refractivity contribution in [1.29, 1.82) is 0 Å². The topological polar surface area (TPSA) is 92.4 Å². The number of carboxylic acid groups (broad SMARTS) is 1. The van der Waals surface area contributed by atoms with Crippen LogP contribution in [0.1, 0.15) is 18.5 Å². The molecule has 1 unspecified atom stereocenters. The van der Waals surface area contributed by atoms with Crippen molar-refractivity contribution in [3.05, 3.63) is 35.9 Å². The summed E-state index contributed by atoms with van der Waals surface area (Å²) in [6.07, 6.45) is 0. The van der Waals surface area contributed by atoms with Gasteiger partial charge in [0.15, 0.2) is 0 Å². The number of hydrogen-bond acceptors (Lipinski definition) is 3. The SMILES string of the molecule is CC(NC(=O)[C@@H](N)c1ccccc1)C(=O)O. The summed E-state index contributed by atoms with van der Waals surface area (Å²) in [5, 5.41) is 10.9. The van der Waals surface area contributed by atoms with Crippen molar-refractivity contribution in [2.24, 2.45) is 5.73 Å².